The van der Waals surface area contributed by atoms with Crippen molar-refractivity contribution in [2.75, 3.05) is 18.0 Å². The van der Waals surface area contributed by atoms with Gasteiger partial charge in [0, 0.05) is 23.7 Å². The van der Waals surface area contributed by atoms with Crippen LogP contribution in [0.5, 0.6) is 5.75 Å². The predicted molar refractivity (Wildman–Crippen MR) is 177 cm³/mol. The van der Waals surface area contributed by atoms with E-state index in [1.165, 1.54) is 5.56 Å². The monoisotopic (exact) mass is 642 g/mol. The van der Waals surface area contributed by atoms with Crippen molar-refractivity contribution < 1.29 is 23.1 Å². The van der Waals surface area contributed by atoms with E-state index in [1.807, 2.05) is 37.3 Å². The summed E-state index contributed by atoms with van der Waals surface area (Å²) < 4.78 is 35.4. The molecule has 0 unspecified atom stereocenters. The highest BCUT2D eigenvalue weighted by atomic mass is 35.5. The van der Waals surface area contributed by atoms with Gasteiger partial charge in [-0.2, -0.15) is 0 Å². The Kier molecular flexibility index (Phi) is 10.0. The SMILES string of the molecule is CC(C)C[C@@]1(O)/C=C/C[C@H](C)[C@@H](C)S(=O)(=O)NC(=O)c2ccc3c(c2)N(CCCCc2cc(Cl)ccc2CO3)C[C@@H]2CC[C@H]21. The smallest absolute Gasteiger partial charge is 0.264 e. The summed E-state index contributed by atoms with van der Waals surface area (Å²) in [6, 6.07) is 11.1. The number of benzene rings is 2. The van der Waals surface area contributed by atoms with E-state index in [0.717, 1.165) is 49.9 Å². The highest BCUT2D eigenvalue weighted by Crippen LogP contribution is 2.47. The quantitative estimate of drug-likeness (QED) is 0.346. The average Bonchev–Trinajstić information content (AvgIpc) is 2.96. The van der Waals surface area contributed by atoms with Gasteiger partial charge in [0.05, 0.1) is 16.5 Å². The van der Waals surface area contributed by atoms with E-state index in [2.05, 4.69) is 23.5 Å². The summed E-state index contributed by atoms with van der Waals surface area (Å²) in [5.41, 5.74) is 2.32. The third-order valence-electron chi connectivity index (χ3n) is 9.93. The van der Waals surface area contributed by atoms with E-state index in [0.29, 0.717) is 42.7 Å². The summed E-state index contributed by atoms with van der Waals surface area (Å²) in [4.78, 5) is 15.7. The van der Waals surface area contributed by atoms with Crippen molar-refractivity contribution in [1.82, 2.24) is 4.72 Å². The molecule has 2 bridgehead atoms. The Morgan fingerprint density at radius 2 is 1.91 bits per heavy atom. The molecule has 2 N–H and O–H groups in total. The molecule has 0 spiro atoms. The van der Waals surface area contributed by atoms with Gasteiger partial charge in [-0.1, -0.05) is 50.6 Å². The number of halogens is 1. The van der Waals surface area contributed by atoms with Gasteiger partial charge in [0.15, 0.2) is 0 Å². The molecule has 5 atom stereocenters. The van der Waals surface area contributed by atoms with Gasteiger partial charge in [-0.15, -0.1) is 0 Å². The van der Waals surface area contributed by atoms with E-state index in [9.17, 15) is 18.3 Å². The summed E-state index contributed by atoms with van der Waals surface area (Å²) in [6.45, 7) is 9.58. The summed E-state index contributed by atoms with van der Waals surface area (Å²) in [5.74, 6) is 0.400. The number of anilines is 1. The molecule has 44 heavy (non-hydrogen) atoms. The van der Waals surface area contributed by atoms with Crippen LogP contribution >= 0.6 is 11.6 Å². The molecule has 2 heterocycles. The van der Waals surface area contributed by atoms with Crippen LogP contribution in [0.15, 0.2) is 48.6 Å². The molecule has 9 heteroatoms. The number of sulfonamides is 1. The standard InChI is InChI=1S/C35H47ClN2O5S/c1-23(2)20-35(40)16-7-8-24(3)25(4)44(41,42)37-34(39)27-12-15-33-32(19-27)38(21-28-11-14-31(28)35)17-6-5-9-26-18-30(36)13-10-29(26)22-43-33/h7,10,12-13,15-16,18-19,23-25,28,31,40H,5-6,8-9,11,14,17,20-22H2,1-4H3,(H,37,39)/b16-7+/t24-,25+,28-,31+,35-/m0/s1. The lowest BCUT2D eigenvalue weighted by molar-refractivity contribution is -0.0576. The molecule has 1 aliphatic carbocycles. The van der Waals surface area contributed by atoms with Crippen molar-refractivity contribution in [3.05, 3.63) is 70.3 Å². The predicted octanol–water partition coefficient (Wildman–Crippen LogP) is 6.91. The van der Waals surface area contributed by atoms with Gasteiger partial charge in [-0.3, -0.25) is 4.79 Å². The minimum Gasteiger partial charge on any atom is -0.487 e. The average molecular weight is 643 g/mol. The number of nitrogens with zero attached hydrogens (tertiary/aromatic N) is 1. The van der Waals surface area contributed by atoms with Crippen LogP contribution in [0.4, 0.5) is 5.69 Å². The van der Waals surface area contributed by atoms with Gasteiger partial charge in [0.25, 0.3) is 5.91 Å². The van der Waals surface area contributed by atoms with Crippen LogP contribution in [0.25, 0.3) is 0 Å². The molecule has 1 amide bonds. The minimum absolute atomic E-state index is 0.0888. The Hall–Kier alpha value is -2.55. The molecule has 0 saturated heterocycles. The van der Waals surface area contributed by atoms with Gasteiger partial charge in [-0.05, 0) is 117 Å². The largest absolute Gasteiger partial charge is 0.487 e. The minimum atomic E-state index is -3.94. The van der Waals surface area contributed by atoms with Gasteiger partial charge < -0.3 is 14.7 Å². The van der Waals surface area contributed by atoms with E-state index in [1.54, 1.807) is 25.1 Å². The number of rotatable bonds is 2. The van der Waals surface area contributed by atoms with Crippen LogP contribution in [0.3, 0.4) is 0 Å². The highest BCUT2D eigenvalue weighted by Gasteiger charge is 2.46. The molecule has 7 nitrogen and oxygen atoms in total. The zero-order valence-electron chi connectivity index (χ0n) is 26.4. The van der Waals surface area contributed by atoms with Gasteiger partial charge in [0.2, 0.25) is 10.0 Å². The van der Waals surface area contributed by atoms with Crippen LogP contribution in [-0.2, 0) is 23.1 Å². The van der Waals surface area contributed by atoms with Crippen molar-refractivity contribution in [3.63, 3.8) is 0 Å². The number of ether oxygens (including phenoxy) is 1. The summed E-state index contributed by atoms with van der Waals surface area (Å²) in [5, 5.41) is 12.0. The fourth-order valence-electron chi connectivity index (χ4n) is 7.07. The summed E-state index contributed by atoms with van der Waals surface area (Å²) in [7, 11) is -3.94. The maximum absolute atomic E-state index is 13.4. The van der Waals surface area contributed by atoms with Crippen molar-refractivity contribution in [2.45, 2.75) is 90.1 Å². The number of nitrogens with one attached hydrogen (secondary N) is 1. The topological polar surface area (TPSA) is 95.9 Å². The molecule has 3 aliphatic rings. The number of hydrogen-bond acceptors (Lipinski definition) is 6. The molecule has 240 valence electrons. The molecule has 5 rings (SSSR count). The fraction of sp³-hybridized carbons (Fsp3) is 0.571. The maximum atomic E-state index is 13.4. The molecule has 1 saturated carbocycles. The fourth-order valence-corrected chi connectivity index (χ4v) is 8.55. The molecule has 2 aliphatic heterocycles. The molecular formula is C35H47ClN2O5S. The number of carbonyl (C=O) groups is 1. The van der Waals surface area contributed by atoms with E-state index >= 15 is 0 Å². The summed E-state index contributed by atoms with van der Waals surface area (Å²) in [6.07, 6.45) is 9.74. The molecule has 0 radical (unpaired) electrons. The number of fused-ring (bicyclic) bond motifs is 3. The Labute approximate surface area is 268 Å². The number of aliphatic hydroxyl groups is 1. The second kappa shape index (κ2) is 13.4. The number of hydrogen-bond donors (Lipinski definition) is 2. The van der Waals surface area contributed by atoms with Crippen LogP contribution in [-0.4, -0.2) is 43.4 Å². The first-order chi connectivity index (χ1) is 20.9. The first kappa shape index (κ1) is 32.8. The molecule has 2 aromatic rings. The van der Waals surface area contributed by atoms with Gasteiger partial charge in [-0.25, -0.2) is 13.1 Å². The first-order valence-electron chi connectivity index (χ1n) is 16.1. The van der Waals surface area contributed by atoms with Crippen molar-refractivity contribution in [3.8, 4) is 5.75 Å². The lowest BCUT2D eigenvalue weighted by Crippen LogP contribution is -2.50. The third-order valence-corrected chi connectivity index (χ3v) is 12.1. The van der Waals surface area contributed by atoms with Crippen LogP contribution in [0.2, 0.25) is 5.02 Å². The van der Waals surface area contributed by atoms with E-state index < -0.39 is 26.8 Å². The van der Waals surface area contributed by atoms with Crippen molar-refractivity contribution >= 4 is 33.2 Å². The lowest BCUT2D eigenvalue weighted by atomic mass is 9.62. The van der Waals surface area contributed by atoms with Crippen molar-refractivity contribution in [1.29, 1.82) is 0 Å². The Morgan fingerprint density at radius 3 is 2.64 bits per heavy atom. The van der Waals surface area contributed by atoms with E-state index in [-0.39, 0.29) is 23.3 Å². The van der Waals surface area contributed by atoms with E-state index in [4.69, 9.17) is 16.3 Å². The molecular weight excluding hydrogens is 596 g/mol. The number of aryl methyl sites for hydroxylation is 1. The summed E-state index contributed by atoms with van der Waals surface area (Å²) >= 11 is 6.33. The van der Waals surface area contributed by atoms with Gasteiger partial charge >= 0.3 is 0 Å². The third kappa shape index (κ3) is 7.29. The maximum Gasteiger partial charge on any atom is 0.264 e. The number of amides is 1. The Bertz CT molecular complexity index is 1490. The van der Waals surface area contributed by atoms with Crippen LogP contribution in [0.1, 0.15) is 87.7 Å². The van der Waals surface area contributed by atoms with Crippen molar-refractivity contribution in [2.24, 2.45) is 23.7 Å². The number of carbonyl (C=O) groups excluding carboxylic acids is 1. The number of allylic oxidation sites excluding steroid dienone is 1. The molecule has 0 aromatic heterocycles. The highest BCUT2D eigenvalue weighted by molar-refractivity contribution is 7.90. The van der Waals surface area contributed by atoms with Crippen LogP contribution in [0, 0.1) is 23.7 Å². The zero-order chi connectivity index (χ0) is 31.6. The second-order valence-corrected chi connectivity index (χ2v) is 16.1. The van der Waals surface area contributed by atoms with Crippen LogP contribution < -0.4 is 14.4 Å². The second-order valence-electron chi connectivity index (χ2n) is 13.6. The molecule has 2 aromatic carbocycles. The Balaban J connectivity index is 1.57. The normalized spacial score (nSPS) is 30.1. The zero-order valence-corrected chi connectivity index (χ0v) is 28.0. The lowest BCUT2D eigenvalue weighted by Gasteiger charge is -2.49. The Morgan fingerprint density at radius 1 is 1.11 bits per heavy atom. The first-order valence-corrected chi connectivity index (χ1v) is 18.0. The van der Waals surface area contributed by atoms with Gasteiger partial charge in [0.1, 0.15) is 12.4 Å². The molecule has 1 fully saturated rings.